The highest BCUT2D eigenvalue weighted by atomic mass is 16.7. The third-order valence-corrected chi connectivity index (χ3v) is 1.70. The summed E-state index contributed by atoms with van der Waals surface area (Å²) in [6.45, 7) is 3.33. The van der Waals surface area contributed by atoms with Gasteiger partial charge in [0.25, 0.3) is 0 Å². The van der Waals surface area contributed by atoms with Gasteiger partial charge in [0.1, 0.15) is 6.79 Å². The third kappa shape index (κ3) is 11.4. The molecule has 0 radical (unpaired) electrons. The summed E-state index contributed by atoms with van der Waals surface area (Å²) in [4.78, 5) is 0. The standard InChI is InChI=1S/C12H22O2/c1-3-4-5-6-7-8-9-10-11-14-12-13-2/h4-5,7-8H,3,6,9-12H2,1-2H3/b5-4-,8-7-. The van der Waals surface area contributed by atoms with Crippen molar-refractivity contribution in [2.45, 2.75) is 32.6 Å². The largest absolute Gasteiger partial charge is 0.359 e. The van der Waals surface area contributed by atoms with Gasteiger partial charge >= 0.3 is 0 Å². The number of hydrogen-bond acceptors (Lipinski definition) is 2. The summed E-state index contributed by atoms with van der Waals surface area (Å²) in [5.74, 6) is 0. The minimum atomic E-state index is 0.406. The van der Waals surface area contributed by atoms with Gasteiger partial charge in [0.05, 0.1) is 0 Å². The van der Waals surface area contributed by atoms with Crippen LogP contribution in [0.15, 0.2) is 24.3 Å². The molecule has 0 N–H and O–H groups in total. The van der Waals surface area contributed by atoms with Crippen LogP contribution in [0.25, 0.3) is 0 Å². The lowest BCUT2D eigenvalue weighted by atomic mass is 10.2. The van der Waals surface area contributed by atoms with E-state index in [4.69, 9.17) is 9.47 Å². The van der Waals surface area contributed by atoms with Crippen LogP contribution in [0, 0.1) is 0 Å². The molecule has 0 aliphatic rings. The lowest BCUT2D eigenvalue weighted by molar-refractivity contribution is -0.0308. The topological polar surface area (TPSA) is 18.5 Å². The molecule has 0 heterocycles. The number of allylic oxidation sites excluding steroid dienone is 4. The van der Waals surface area contributed by atoms with Gasteiger partial charge in [-0.15, -0.1) is 0 Å². The van der Waals surface area contributed by atoms with E-state index in [1.807, 2.05) is 0 Å². The molecule has 0 amide bonds. The Morgan fingerprint density at radius 2 is 1.86 bits per heavy atom. The van der Waals surface area contributed by atoms with Gasteiger partial charge in [-0.05, 0) is 25.7 Å². The molecule has 0 fully saturated rings. The average Bonchev–Trinajstić information content (AvgIpc) is 2.21. The van der Waals surface area contributed by atoms with Gasteiger partial charge in [0, 0.05) is 13.7 Å². The Labute approximate surface area is 87.6 Å². The predicted molar refractivity (Wildman–Crippen MR) is 60.3 cm³/mol. The monoisotopic (exact) mass is 198 g/mol. The lowest BCUT2D eigenvalue weighted by Gasteiger charge is -1.99. The molecule has 2 heteroatoms. The van der Waals surface area contributed by atoms with E-state index in [9.17, 15) is 0 Å². The smallest absolute Gasteiger partial charge is 0.146 e. The van der Waals surface area contributed by atoms with Crippen LogP contribution < -0.4 is 0 Å². The quantitative estimate of drug-likeness (QED) is 0.321. The van der Waals surface area contributed by atoms with Crippen LogP contribution in [0.3, 0.4) is 0 Å². The molecule has 2 nitrogen and oxygen atoms in total. The average molecular weight is 198 g/mol. The molecule has 0 saturated carbocycles. The molecule has 0 rings (SSSR count). The van der Waals surface area contributed by atoms with Crippen molar-refractivity contribution in [3.63, 3.8) is 0 Å². The van der Waals surface area contributed by atoms with Crippen molar-refractivity contribution in [3.05, 3.63) is 24.3 Å². The summed E-state index contributed by atoms with van der Waals surface area (Å²) >= 11 is 0. The molecule has 0 saturated heterocycles. The molecule has 0 spiro atoms. The van der Waals surface area contributed by atoms with Crippen molar-refractivity contribution in [1.29, 1.82) is 0 Å². The zero-order valence-corrected chi connectivity index (χ0v) is 9.37. The van der Waals surface area contributed by atoms with Crippen molar-refractivity contribution < 1.29 is 9.47 Å². The first kappa shape index (κ1) is 13.4. The van der Waals surface area contributed by atoms with Crippen molar-refractivity contribution >= 4 is 0 Å². The van der Waals surface area contributed by atoms with Crippen LogP contribution >= 0.6 is 0 Å². The van der Waals surface area contributed by atoms with Crippen molar-refractivity contribution in [1.82, 2.24) is 0 Å². The molecule has 0 aromatic carbocycles. The van der Waals surface area contributed by atoms with Gasteiger partial charge in [-0.2, -0.15) is 0 Å². The second-order valence-electron chi connectivity index (χ2n) is 3.04. The Morgan fingerprint density at radius 1 is 1.07 bits per heavy atom. The molecule has 0 aliphatic heterocycles. The molecule has 0 bridgehead atoms. The van der Waals surface area contributed by atoms with Gasteiger partial charge in [0.15, 0.2) is 0 Å². The zero-order chi connectivity index (χ0) is 10.5. The maximum absolute atomic E-state index is 5.16. The number of rotatable bonds is 9. The van der Waals surface area contributed by atoms with E-state index in [2.05, 4.69) is 31.2 Å². The SMILES string of the molecule is CC/C=C\C/C=C\CCCOCOC. The second kappa shape index (κ2) is 12.4. The molecule has 82 valence electrons. The van der Waals surface area contributed by atoms with Gasteiger partial charge in [-0.3, -0.25) is 0 Å². The Hall–Kier alpha value is -0.600. The first-order valence-corrected chi connectivity index (χ1v) is 5.28. The summed E-state index contributed by atoms with van der Waals surface area (Å²) in [6, 6.07) is 0. The summed E-state index contributed by atoms with van der Waals surface area (Å²) in [7, 11) is 1.64. The first-order valence-electron chi connectivity index (χ1n) is 5.28. The van der Waals surface area contributed by atoms with Crippen molar-refractivity contribution in [2.24, 2.45) is 0 Å². The molecule has 0 aliphatic carbocycles. The normalized spacial score (nSPS) is 11.9. The van der Waals surface area contributed by atoms with Gasteiger partial charge in [-0.25, -0.2) is 0 Å². The van der Waals surface area contributed by atoms with Crippen LogP contribution in [0.2, 0.25) is 0 Å². The number of hydrogen-bond donors (Lipinski definition) is 0. The van der Waals surface area contributed by atoms with E-state index in [0.29, 0.717) is 6.79 Å². The minimum Gasteiger partial charge on any atom is -0.359 e. The van der Waals surface area contributed by atoms with E-state index in [1.54, 1.807) is 7.11 Å². The summed E-state index contributed by atoms with van der Waals surface area (Å²) in [6.07, 6.45) is 13.1. The highest BCUT2D eigenvalue weighted by molar-refractivity contribution is 4.92. The molecular formula is C12H22O2. The lowest BCUT2D eigenvalue weighted by Crippen LogP contribution is -1.97. The highest BCUT2D eigenvalue weighted by Crippen LogP contribution is 1.95. The van der Waals surface area contributed by atoms with E-state index >= 15 is 0 Å². The summed E-state index contributed by atoms with van der Waals surface area (Å²) < 4.78 is 9.92. The Morgan fingerprint density at radius 3 is 2.57 bits per heavy atom. The van der Waals surface area contributed by atoms with Crippen LogP contribution in [0.1, 0.15) is 32.6 Å². The highest BCUT2D eigenvalue weighted by Gasteiger charge is 1.84. The third-order valence-electron chi connectivity index (χ3n) is 1.70. The molecule has 0 aromatic heterocycles. The first-order chi connectivity index (χ1) is 6.91. The molecule has 0 atom stereocenters. The maximum atomic E-state index is 5.16. The van der Waals surface area contributed by atoms with Crippen LogP contribution in [0.4, 0.5) is 0 Å². The summed E-state index contributed by atoms with van der Waals surface area (Å²) in [5, 5.41) is 0. The van der Waals surface area contributed by atoms with Crippen LogP contribution in [0.5, 0.6) is 0 Å². The van der Waals surface area contributed by atoms with Crippen molar-refractivity contribution in [3.8, 4) is 0 Å². The summed E-state index contributed by atoms with van der Waals surface area (Å²) in [5.41, 5.74) is 0. The zero-order valence-electron chi connectivity index (χ0n) is 9.37. The second-order valence-corrected chi connectivity index (χ2v) is 3.04. The molecule has 14 heavy (non-hydrogen) atoms. The number of methoxy groups -OCH3 is 1. The van der Waals surface area contributed by atoms with E-state index < -0.39 is 0 Å². The predicted octanol–water partition coefficient (Wildman–Crippen LogP) is 3.30. The number of ether oxygens (including phenoxy) is 2. The fourth-order valence-electron chi connectivity index (χ4n) is 1.00. The van der Waals surface area contributed by atoms with E-state index in [-0.39, 0.29) is 0 Å². The fourth-order valence-corrected chi connectivity index (χ4v) is 1.00. The van der Waals surface area contributed by atoms with Crippen molar-refractivity contribution in [2.75, 3.05) is 20.5 Å². The van der Waals surface area contributed by atoms with Gasteiger partial charge < -0.3 is 9.47 Å². The fraction of sp³-hybridized carbons (Fsp3) is 0.667. The van der Waals surface area contributed by atoms with Crippen LogP contribution in [-0.4, -0.2) is 20.5 Å². The Kier molecular flexibility index (Phi) is 11.9. The molecule has 0 unspecified atom stereocenters. The number of unbranched alkanes of at least 4 members (excludes halogenated alkanes) is 1. The minimum absolute atomic E-state index is 0.406. The van der Waals surface area contributed by atoms with E-state index in [1.165, 1.54) is 0 Å². The molecule has 0 aromatic rings. The Balaban J connectivity index is 3.07. The van der Waals surface area contributed by atoms with E-state index in [0.717, 1.165) is 32.3 Å². The van der Waals surface area contributed by atoms with Gasteiger partial charge in [-0.1, -0.05) is 31.2 Å². The Bertz CT molecular complexity index is 150. The van der Waals surface area contributed by atoms with Gasteiger partial charge in [0.2, 0.25) is 0 Å². The maximum Gasteiger partial charge on any atom is 0.146 e. The molecular weight excluding hydrogens is 176 g/mol. The van der Waals surface area contributed by atoms with Crippen LogP contribution in [-0.2, 0) is 9.47 Å².